The van der Waals surface area contributed by atoms with Crippen molar-refractivity contribution in [3.8, 4) is 0 Å². The first kappa shape index (κ1) is 11.6. The van der Waals surface area contributed by atoms with Crippen LogP contribution in [0.3, 0.4) is 0 Å². The summed E-state index contributed by atoms with van der Waals surface area (Å²) in [4.78, 5) is 7.77. The molecule has 0 aliphatic carbocycles. The van der Waals surface area contributed by atoms with Gasteiger partial charge in [0.2, 0.25) is 5.28 Å². The summed E-state index contributed by atoms with van der Waals surface area (Å²) in [6, 6.07) is 7.65. The predicted octanol–water partition coefficient (Wildman–Crippen LogP) is 4.29. The highest BCUT2D eigenvalue weighted by molar-refractivity contribution is 9.10. The third-order valence-electron chi connectivity index (χ3n) is 1.80. The second kappa shape index (κ2) is 4.99. The minimum absolute atomic E-state index is 0.155. The normalized spacial score (nSPS) is 10.2. The van der Waals surface area contributed by atoms with Gasteiger partial charge in [-0.15, -0.1) is 0 Å². The van der Waals surface area contributed by atoms with Crippen LogP contribution in [0.1, 0.15) is 0 Å². The van der Waals surface area contributed by atoms with Gasteiger partial charge in [0.05, 0.1) is 6.20 Å². The van der Waals surface area contributed by atoms with Crippen molar-refractivity contribution in [2.45, 2.75) is 0 Å². The van der Waals surface area contributed by atoms with Gasteiger partial charge < -0.3 is 5.32 Å². The summed E-state index contributed by atoms with van der Waals surface area (Å²) >= 11 is 15.0. The molecule has 6 heteroatoms. The summed E-state index contributed by atoms with van der Waals surface area (Å²) < 4.78 is 0.966. The molecular formula is C10H6BrCl2N3. The molecule has 0 unspecified atom stereocenters. The average molecular weight is 319 g/mol. The summed E-state index contributed by atoms with van der Waals surface area (Å²) in [6.07, 6.45) is 1.46. The van der Waals surface area contributed by atoms with Gasteiger partial charge in [0.1, 0.15) is 5.02 Å². The third-order valence-corrected chi connectivity index (χ3v) is 2.75. The van der Waals surface area contributed by atoms with Crippen molar-refractivity contribution < 1.29 is 0 Å². The van der Waals surface area contributed by atoms with E-state index >= 15 is 0 Å². The Bertz CT molecular complexity index is 519. The lowest BCUT2D eigenvalue weighted by atomic mass is 10.3. The number of aromatic nitrogens is 2. The number of hydrogen-bond acceptors (Lipinski definition) is 3. The first-order valence-corrected chi connectivity index (χ1v) is 5.90. The largest absolute Gasteiger partial charge is 0.339 e. The summed E-state index contributed by atoms with van der Waals surface area (Å²) in [6.45, 7) is 0. The molecule has 0 saturated heterocycles. The number of benzene rings is 1. The van der Waals surface area contributed by atoms with Crippen LogP contribution < -0.4 is 5.32 Å². The predicted molar refractivity (Wildman–Crippen MR) is 69.5 cm³/mol. The van der Waals surface area contributed by atoms with Crippen molar-refractivity contribution in [3.63, 3.8) is 0 Å². The van der Waals surface area contributed by atoms with Gasteiger partial charge in [-0.2, -0.15) is 4.98 Å². The Labute approximate surface area is 111 Å². The molecule has 0 amide bonds. The zero-order valence-electron chi connectivity index (χ0n) is 7.92. The van der Waals surface area contributed by atoms with Gasteiger partial charge in [-0.25, -0.2) is 4.98 Å². The highest BCUT2D eigenvalue weighted by atomic mass is 79.9. The van der Waals surface area contributed by atoms with Crippen LogP contribution in [-0.2, 0) is 0 Å². The van der Waals surface area contributed by atoms with E-state index in [-0.39, 0.29) is 5.28 Å². The quantitative estimate of drug-likeness (QED) is 0.839. The van der Waals surface area contributed by atoms with Gasteiger partial charge in [0.15, 0.2) is 5.82 Å². The smallest absolute Gasteiger partial charge is 0.224 e. The fourth-order valence-corrected chi connectivity index (χ4v) is 1.81. The molecule has 1 aromatic carbocycles. The minimum Gasteiger partial charge on any atom is -0.339 e. The number of nitrogens with zero attached hydrogens (tertiary/aromatic N) is 2. The van der Waals surface area contributed by atoms with Crippen LogP contribution >= 0.6 is 39.1 Å². The molecule has 2 rings (SSSR count). The van der Waals surface area contributed by atoms with Crippen LogP contribution in [0.4, 0.5) is 11.5 Å². The van der Waals surface area contributed by atoms with E-state index in [1.165, 1.54) is 6.20 Å². The molecule has 0 aliphatic rings. The first-order valence-electron chi connectivity index (χ1n) is 4.36. The Morgan fingerprint density at radius 3 is 2.81 bits per heavy atom. The van der Waals surface area contributed by atoms with Crippen LogP contribution in [0.2, 0.25) is 10.3 Å². The summed E-state index contributed by atoms with van der Waals surface area (Å²) in [7, 11) is 0. The molecule has 1 heterocycles. The molecule has 2 aromatic rings. The minimum atomic E-state index is 0.155. The molecule has 82 valence electrons. The van der Waals surface area contributed by atoms with E-state index in [4.69, 9.17) is 23.2 Å². The van der Waals surface area contributed by atoms with E-state index in [9.17, 15) is 0 Å². The Morgan fingerprint density at radius 1 is 1.25 bits per heavy atom. The number of rotatable bonds is 2. The van der Waals surface area contributed by atoms with E-state index in [1.807, 2.05) is 24.3 Å². The van der Waals surface area contributed by atoms with Crippen LogP contribution in [0.25, 0.3) is 0 Å². The zero-order chi connectivity index (χ0) is 11.5. The van der Waals surface area contributed by atoms with E-state index in [0.29, 0.717) is 10.8 Å². The summed E-state index contributed by atoms with van der Waals surface area (Å²) in [5, 5.41) is 3.63. The first-order chi connectivity index (χ1) is 7.65. The van der Waals surface area contributed by atoms with Crippen LogP contribution in [0.5, 0.6) is 0 Å². The average Bonchev–Trinajstić information content (AvgIpc) is 2.24. The zero-order valence-corrected chi connectivity index (χ0v) is 11.0. The maximum atomic E-state index is 5.93. The number of hydrogen-bond donors (Lipinski definition) is 1. The SMILES string of the molecule is Clc1ncc(Cl)c(Nc2cccc(Br)c2)n1. The summed E-state index contributed by atoms with van der Waals surface area (Å²) in [5.74, 6) is 0.486. The molecule has 0 atom stereocenters. The molecule has 1 N–H and O–H groups in total. The third kappa shape index (κ3) is 2.84. The monoisotopic (exact) mass is 317 g/mol. The molecule has 0 aliphatic heterocycles. The maximum absolute atomic E-state index is 5.93. The highest BCUT2D eigenvalue weighted by Gasteiger charge is 2.04. The van der Waals surface area contributed by atoms with Crippen molar-refractivity contribution in [1.82, 2.24) is 9.97 Å². The molecule has 16 heavy (non-hydrogen) atoms. The molecule has 0 spiro atoms. The fraction of sp³-hybridized carbons (Fsp3) is 0. The topological polar surface area (TPSA) is 37.8 Å². The van der Waals surface area contributed by atoms with E-state index in [1.54, 1.807) is 0 Å². The second-order valence-corrected chi connectivity index (χ2v) is 4.63. The van der Waals surface area contributed by atoms with Crippen molar-refractivity contribution in [2.75, 3.05) is 5.32 Å². The lowest BCUT2D eigenvalue weighted by molar-refractivity contribution is 1.17. The Morgan fingerprint density at radius 2 is 2.06 bits per heavy atom. The second-order valence-electron chi connectivity index (χ2n) is 2.97. The van der Waals surface area contributed by atoms with Crippen molar-refractivity contribution in [3.05, 3.63) is 45.2 Å². The molecule has 1 aromatic heterocycles. The Kier molecular flexibility index (Phi) is 3.63. The lowest BCUT2D eigenvalue weighted by Crippen LogP contribution is -1.95. The van der Waals surface area contributed by atoms with Gasteiger partial charge in [0.25, 0.3) is 0 Å². The molecule has 0 saturated carbocycles. The van der Waals surface area contributed by atoms with Crippen molar-refractivity contribution in [1.29, 1.82) is 0 Å². The highest BCUT2D eigenvalue weighted by Crippen LogP contribution is 2.25. The van der Waals surface area contributed by atoms with Gasteiger partial charge in [-0.05, 0) is 29.8 Å². The van der Waals surface area contributed by atoms with Gasteiger partial charge in [0, 0.05) is 10.2 Å². The molecule has 0 fully saturated rings. The number of halogens is 3. The maximum Gasteiger partial charge on any atom is 0.224 e. The van der Waals surface area contributed by atoms with Crippen molar-refractivity contribution >= 4 is 50.6 Å². The van der Waals surface area contributed by atoms with Crippen LogP contribution in [0, 0.1) is 0 Å². The Hall–Kier alpha value is -0.840. The van der Waals surface area contributed by atoms with Crippen molar-refractivity contribution in [2.24, 2.45) is 0 Å². The lowest BCUT2D eigenvalue weighted by Gasteiger charge is -2.07. The molecule has 3 nitrogen and oxygen atoms in total. The van der Waals surface area contributed by atoms with Gasteiger partial charge in [-0.1, -0.05) is 33.6 Å². The van der Waals surface area contributed by atoms with E-state index in [0.717, 1.165) is 10.2 Å². The standard InChI is InChI=1S/C10H6BrCl2N3/c11-6-2-1-3-7(4-6)15-9-8(12)5-14-10(13)16-9/h1-5H,(H,14,15,16). The van der Waals surface area contributed by atoms with Crippen LogP contribution in [-0.4, -0.2) is 9.97 Å². The van der Waals surface area contributed by atoms with E-state index < -0.39 is 0 Å². The molecule has 0 bridgehead atoms. The van der Waals surface area contributed by atoms with Gasteiger partial charge >= 0.3 is 0 Å². The number of nitrogens with one attached hydrogen (secondary N) is 1. The number of anilines is 2. The molecule has 0 radical (unpaired) electrons. The van der Waals surface area contributed by atoms with E-state index in [2.05, 4.69) is 31.2 Å². The van der Waals surface area contributed by atoms with Crippen LogP contribution in [0.15, 0.2) is 34.9 Å². The van der Waals surface area contributed by atoms with Gasteiger partial charge in [-0.3, -0.25) is 0 Å². The summed E-state index contributed by atoms with van der Waals surface area (Å²) in [5.41, 5.74) is 0.867. The fourth-order valence-electron chi connectivity index (χ4n) is 1.14. The molecular weight excluding hydrogens is 313 g/mol. The Balaban J connectivity index is 2.30.